The van der Waals surface area contributed by atoms with Crippen molar-refractivity contribution in [3.63, 3.8) is 0 Å². The molecule has 8 nitrogen and oxygen atoms in total. The number of hydrazone groups is 1. The van der Waals surface area contributed by atoms with E-state index in [0.717, 1.165) is 5.56 Å². The number of methoxy groups -OCH3 is 2. The molecule has 0 radical (unpaired) electrons. The van der Waals surface area contributed by atoms with Crippen LogP contribution in [0.15, 0.2) is 52.4 Å². The molecular formula is C20H20N4O4. The molecule has 0 saturated carbocycles. The summed E-state index contributed by atoms with van der Waals surface area (Å²) < 4.78 is 11.8. The van der Waals surface area contributed by atoms with Crippen LogP contribution in [0.4, 0.5) is 0 Å². The molecule has 1 amide bonds. The Labute approximate surface area is 161 Å². The van der Waals surface area contributed by atoms with E-state index in [1.165, 1.54) is 10.8 Å². The maximum Gasteiger partial charge on any atom is 0.272 e. The summed E-state index contributed by atoms with van der Waals surface area (Å²) >= 11 is 0. The number of benzene rings is 2. The van der Waals surface area contributed by atoms with Crippen molar-refractivity contribution in [3.8, 4) is 11.5 Å². The van der Waals surface area contributed by atoms with Crippen LogP contribution in [0, 0.1) is 6.92 Å². The number of fused-ring (bicyclic) bond motifs is 1. The molecule has 144 valence electrons. The van der Waals surface area contributed by atoms with E-state index in [1.54, 1.807) is 57.5 Å². The number of hydrogen-bond donors (Lipinski definition) is 1. The lowest BCUT2D eigenvalue weighted by atomic mass is 10.2. The predicted molar refractivity (Wildman–Crippen MR) is 106 cm³/mol. The molecule has 0 saturated heterocycles. The molecule has 8 heteroatoms. The van der Waals surface area contributed by atoms with E-state index in [2.05, 4.69) is 15.5 Å². The van der Waals surface area contributed by atoms with Crippen molar-refractivity contribution in [2.75, 3.05) is 14.2 Å². The monoisotopic (exact) mass is 380 g/mol. The van der Waals surface area contributed by atoms with Gasteiger partial charge in [0, 0.05) is 0 Å². The Balaban J connectivity index is 1.75. The number of aryl methyl sites for hydroxylation is 1. The van der Waals surface area contributed by atoms with Crippen LogP contribution in [0.5, 0.6) is 11.5 Å². The number of para-hydroxylation sites is 2. The first-order chi connectivity index (χ1) is 13.5. The Hall–Kier alpha value is -3.68. The summed E-state index contributed by atoms with van der Waals surface area (Å²) in [5.41, 5.74) is 4.43. The Bertz CT molecular complexity index is 1110. The molecule has 2 aromatic carbocycles. The van der Waals surface area contributed by atoms with Crippen LogP contribution < -0.4 is 20.5 Å². The zero-order chi connectivity index (χ0) is 20.1. The van der Waals surface area contributed by atoms with Gasteiger partial charge in [0.2, 0.25) is 0 Å². The molecule has 0 aliphatic rings. The third-order valence-electron chi connectivity index (χ3n) is 4.13. The number of carbonyl (C=O) groups excluding carboxylic acids is 1. The van der Waals surface area contributed by atoms with Crippen molar-refractivity contribution in [3.05, 3.63) is 64.1 Å². The SMILES string of the molecule is COc1ccc(/C=N\NC(=O)Cn2c(=O)c(C)nc3ccccc32)cc1OC. The molecule has 0 aliphatic carbocycles. The zero-order valence-electron chi connectivity index (χ0n) is 15.8. The van der Waals surface area contributed by atoms with Crippen LogP contribution in [0.1, 0.15) is 11.3 Å². The number of ether oxygens (including phenoxy) is 2. The summed E-state index contributed by atoms with van der Waals surface area (Å²) in [6.07, 6.45) is 1.48. The van der Waals surface area contributed by atoms with Gasteiger partial charge in [-0.05, 0) is 42.8 Å². The lowest BCUT2D eigenvalue weighted by molar-refractivity contribution is -0.121. The van der Waals surface area contributed by atoms with Crippen LogP contribution in [0.3, 0.4) is 0 Å². The summed E-state index contributed by atoms with van der Waals surface area (Å²) in [7, 11) is 3.09. The third kappa shape index (κ3) is 4.01. The number of hydrogen-bond acceptors (Lipinski definition) is 6. The Morgan fingerprint density at radius 2 is 1.93 bits per heavy atom. The van der Waals surface area contributed by atoms with Crippen LogP contribution in [-0.2, 0) is 11.3 Å². The van der Waals surface area contributed by atoms with E-state index in [0.29, 0.717) is 28.2 Å². The number of nitrogens with one attached hydrogen (secondary N) is 1. The minimum atomic E-state index is -0.422. The minimum absolute atomic E-state index is 0.161. The smallest absolute Gasteiger partial charge is 0.272 e. The first kappa shape index (κ1) is 19.1. The summed E-state index contributed by atoms with van der Waals surface area (Å²) in [5.74, 6) is 0.737. The molecule has 0 spiro atoms. The molecule has 1 N–H and O–H groups in total. The van der Waals surface area contributed by atoms with Crippen LogP contribution in [-0.4, -0.2) is 35.9 Å². The van der Waals surface area contributed by atoms with Crippen molar-refractivity contribution in [2.45, 2.75) is 13.5 Å². The van der Waals surface area contributed by atoms with Crippen molar-refractivity contribution < 1.29 is 14.3 Å². The summed E-state index contributed by atoms with van der Waals surface area (Å²) in [4.78, 5) is 28.9. The Kier molecular flexibility index (Phi) is 5.69. The van der Waals surface area contributed by atoms with Gasteiger partial charge in [0.25, 0.3) is 11.5 Å². The van der Waals surface area contributed by atoms with E-state index in [1.807, 2.05) is 6.07 Å². The molecule has 0 aliphatic heterocycles. The van der Waals surface area contributed by atoms with E-state index in [-0.39, 0.29) is 12.1 Å². The fourth-order valence-corrected chi connectivity index (χ4v) is 2.77. The lowest BCUT2D eigenvalue weighted by Gasteiger charge is -2.10. The number of amides is 1. The van der Waals surface area contributed by atoms with Gasteiger partial charge >= 0.3 is 0 Å². The third-order valence-corrected chi connectivity index (χ3v) is 4.13. The first-order valence-corrected chi connectivity index (χ1v) is 8.53. The number of rotatable bonds is 6. The van der Waals surface area contributed by atoms with Gasteiger partial charge in [-0.2, -0.15) is 5.10 Å². The molecule has 1 heterocycles. The normalized spacial score (nSPS) is 11.0. The molecule has 0 unspecified atom stereocenters. The Morgan fingerprint density at radius 1 is 1.18 bits per heavy atom. The minimum Gasteiger partial charge on any atom is -0.493 e. The van der Waals surface area contributed by atoms with Crippen LogP contribution >= 0.6 is 0 Å². The molecule has 0 atom stereocenters. The second-order valence-electron chi connectivity index (χ2n) is 5.98. The van der Waals surface area contributed by atoms with Gasteiger partial charge in [0.1, 0.15) is 12.2 Å². The summed E-state index contributed by atoms with van der Waals surface area (Å²) in [6.45, 7) is 1.46. The molecule has 1 aromatic heterocycles. The van der Waals surface area contributed by atoms with Gasteiger partial charge in [0.15, 0.2) is 11.5 Å². The lowest BCUT2D eigenvalue weighted by Crippen LogP contribution is -2.31. The van der Waals surface area contributed by atoms with Crippen LogP contribution in [0.2, 0.25) is 0 Å². The zero-order valence-corrected chi connectivity index (χ0v) is 15.8. The molecule has 3 aromatic rings. The maximum absolute atomic E-state index is 12.4. The predicted octanol–water partition coefficient (Wildman–Crippen LogP) is 1.87. The van der Waals surface area contributed by atoms with Gasteiger partial charge in [0.05, 0.1) is 31.5 Å². The van der Waals surface area contributed by atoms with Gasteiger partial charge in [-0.15, -0.1) is 0 Å². The highest BCUT2D eigenvalue weighted by atomic mass is 16.5. The summed E-state index contributed by atoms with van der Waals surface area (Å²) in [5, 5.41) is 3.95. The highest BCUT2D eigenvalue weighted by Crippen LogP contribution is 2.26. The fraction of sp³-hybridized carbons (Fsp3) is 0.200. The topological polar surface area (TPSA) is 94.8 Å². The van der Waals surface area contributed by atoms with Gasteiger partial charge in [-0.3, -0.25) is 14.2 Å². The number of carbonyl (C=O) groups is 1. The van der Waals surface area contributed by atoms with E-state index < -0.39 is 5.91 Å². The van der Waals surface area contributed by atoms with Crippen molar-refractivity contribution in [2.24, 2.45) is 5.10 Å². The van der Waals surface area contributed by atoms with E-state index in [9.17, 15) is 9.59 Å². The molecule has 0 bridgehead atoms. The van der Waals surface area contributed by atoms with Crippen molar-refractivity contribution in [1.29, 1.82) is 0 Å². The quantitative estimate of drug-likeness (QED) is 0.520. The van der Waals surface area contributed by atoms with E-state index in [4.69, 9.17) is 9.47 Å². The number of nitrogens with zero attached hydrogens (tertiary/aromatic N) is 3. The van der Waals surface area contributed by atoms with Crippen molar-refractivity contribution in [1.82, 2.24) is 15.0 Å². The second kappa shape index (κ2) is 8.34. The molecule has 3 rings (SSSR count). The largest absolute Gasteiger partial charge is 0.493 e. The average Bonchev–Trinajstić information content (AvgIpc) is 2.71. The van der Waals surface area contributed by atoms with Gasteiger partial charge < -0.3 is 9.47 Å². The van der Waals surface area contributed by atoms with Crippen LogP contribution in [0.25, 0.3) is 11.0 Å². The van der Waals surface area contributed by atoms with Crippen molar-refractivity contribution >= 4 is 23.2 Å². The average molecular weight is 380 g/mol. The molecule has 28 heavy (non-hydrogen) atoms. The van der Waals surface area contributed by atoms with Gasteiger partial charge in [-0.1, -0.05) is 12.1 Å². The second-order valence-corrected chi connectivity index (χ2v) is 5.98. The first-order valence-electron chi connectivity index (χ1n) is 8.53. The molecule has 0 fully saturated rings. The standard InChI is InChI=1S/C20H20N4O4/c1-13-20(26)24(16-7-5-4-6-15(16)22-13)12-19(25)23-21-11-14-8-9-17(27-2)18(10-14)28-3/h4-11H,12H2,1-3H3,(H,23,25)/b21-11-. The van der Waals surface area contributed by atoms with Gasteiger partial charge in [-0.25, -0.2) is 10.4 Å². The highest BCUT2D eigenvalue weighted by Gasteiger charge is 2.11. The maximum atomic E-state index is 12.4. The van der Waals surface area contributed by atoms with E-state index >= 15 is 0 Å². The number of aromatic nitrogens is 2. The fourth-order valence-electron chi connectivity index (χ4n) is 2.77. The molecular weight excluding hydrogens is 360 g/mol. The highest BCUT2D eigenvalue weighted by molar-refractivity contribution is 5.84. The Morgan fingerprint density at radius 3 is 2.68 bits per heavy atom. The summed E-state index contributed by atoms with van der Waals surface area (Å²) in [6, 6.07) is 12.4.